The van der Waals surface area contributed by atoms with Gasteiger partial charge in [0.1, 0.15) is 5.82 Å². The highest BCUT2D eigenvalue weighted by Gasteiger charge is 2.31. The molecule has 1 aliphatic heterocycles. The summed E-state index contributed by atoms with van der Waals surface area (Å²) < 4.78 is 31.7. The predicted molar refractivity (Wildman–Crippen MR) is 101 cm³/mol. The Morgan fingerprint density at radius 3 is 2.77 bits per heavy atom. The Hall–Kier alpha value is -2.03. The van der Waals surface area contributed by atoms with E-state index in [2.05, 4.69) is 25.1 Å². The quantitative estimate of drug-likeness (QED) is 0.591. The van der Waals surface area contributed by atoms with Gasteiger partial charge >= 0.3 is 0 Å². The van der Waals surface area contributed by atoms with Crippen molar-refractivity contribution in [1.29, 1.82) is 0 Å². The van der Waals surface area contributed by atoms with Gasteiger partial charge in [-0.15, -0.1) is 0 Å². The van der Waals surface area contributed by atoms with Crippen LogP contribution in [0.1, 0.15) is 23.9 Å². The SMILES string of the molecule is COS(=O)(=O)c1ccccc1C1CCc2nc3cc(Br)ccc3c(=O)n21. The second-order valence-corrected chi connectivity index (χ2v) is 8.67. The summed E-state index contributed by atoms with van der Waals surface area (Å²) in [4.78, 5) is 17.8. The van der Waals surface area contributed by atoms with Crippen LogP contribution >= 0.6 is 15.9 Å². The molecule has 0 fully saturated rings. The van der Waals surface area contributed by atoms with E-state index in [1.807, 2.05) is 6.07 Å². The molecule has 0 aliphatic carbocycles. The van der Waals surface area contributed by atoms with Crippen molar-refractivity contribution >= 4 is 37.0 Å². The van der Waals surface area contributed by atoms with Gasteiger partial charge in [-0.05, 0) is 36.2 Å². The summed E-state index contributed by atoms with van der Waals surface area (Å²) in [6.07, 6.45) is 1.21. The van der Waals surface area contributed by atoms with Crippen LogP contribution in [-0.4, -0.2) is 25.1 Å². The first-order valence-electron chi connectivity index (χ1n) is 8.02. The van der Waals surface area contributed by atoms with E-state index in [0.29, 0.717) is 35.1 Å². The normalized spacial score (nSPS) is 16.8. The van der Waals surface area contributed by atoms with Crippen molar-refractivity contribution in [2.75, 3.05) is 7.11 Å². The molecule has 4 rings (SSSR count). The van der Waals surface area contributed by atoms with Crippen LogP contribution in [0.4, 0.5) is 0 Å². The molecule has 8 heteroatoms. The second-order valence-electron chi connectivity index (χ2n) is 6.08. The van der Waals surface area contributed by atoms with E-state index in [1.165, 1.54) is 6.07 Å². The maximum Gasteiger partial charge on any atom is 0.297 e. The van der Waals surface area contributed by atoms with Crippen molar-refractivity contribution < 1.29 is 12.6 Å². The lowest BCUT2D eigenvalue weighted by molar-refractivity contribution is 0.396. The van der Waals surface area contributed by atoms with Gasteiger partial charge in [0.2, 0.25) is 0 Å². The summed E-state index contributed by atoms with van der Waals surface area (Å²) in [5.74, 6) is 0.662. The van der Waals surface area contributed by atoms with Crippen molar-refractivity contribution in [2.24, 2.45) is 0 Å². The number of aryl methyl sites for hydroxylation is 1. The third-order valence-electron chi connectivity index (χ3n) is 4.66. The lowest BCUT2D eigenvalue weighted by atomic mass is 10.0. The number of nitrogens with zero attached hydrogens (tertiary/aromatic N) is 2. The molecule has 0 saturated carbocycles. The zero-order chi connectivity index (χ0) is 18.5. The molecule has 0 saturated heterocycles. The topological polar surface area (TPSA) is 78.3 Å². The first-order chi connectivity index (χ1) is 12.4. The zero-order valence-electron chi connectivity index (χ0n) is 13.8. The van der Waals surface area contributed by atoms with Crippen LogP contribution in [0.3, 0.4) is 0 Å². The summed E-state index contributed by atoms with van der Waals surface area (Å²) in [7, 11) is -2.74. The number of hydrogen-bond donors (Lipinski definition) is 0. The molecule has 1 atom stereocenters. The smallest absolute Gasteiger partial charge is 0.288 e. The lowest BCUT2D eigenvalue weighted by Crippen LogP contribution is -2.26. The van der Waals surface area contributed by atoms with Crippen LogP contribution in [0.15, 0.2) is 56.6 Å². The maximum absolute atomic E-state index is 13.1. The van der Waals surface area contributed by atoms with Gasteiger partial charge in [-0.3, -0.25) is 13.5 Å². The molecule has 1 unspecified atom stereocenters. The van der Waals surface area contributed by atoms with Crippen molar-refractivity contribution in [2.45, 2.75) is 23.8 Å². The minimum absolute atomic E-state index is 0.0863. The van der Waals surface area contributed by atoms with Crippen molar-refractivity contribution in [1.82, 2.24) is 9.55 Å². The predicted octanol–water partition coefficient (Wildman–Crippen LogP) is 3.03. The highest BCUT2D eigenvalue weighted by molar-refractivity contribution is 9.10. The minimum Gasteiger partial charge on any atom is -0.288 e. The maximum atomic E-state index is 13.1. The van der Waals surface area contributed by atoms with Gasteiger partial charge in [-0.2, -0.15) is 8.42 Å². The van der Waals surface area contributed by atoms with Gasteiger partial charge in [0.15, 0.2) is 0 Å². The fourth-order valence-corrected chi connectivity index (χ4v) is 4.75. The van der Waals surface area contributed by atoms with Crippen LogP contribution in [0.2, 0.25) is 0 Å². The standard InChI is InChI=1S/C18H15BrN2O4S/c1-25-26(23,24)16-5-3-2-4-13(16)15-8-9-17-20-14-10-11(19)6-7-12(14)18(22)21(15)17/h2-7,10,15H,8-9H2,1H3. The van der Waals surface area contributed by atoms with Gasteiger partial charge in [0, 0.05) is 10.9 Å². The van der Waals surface area contributed by atoms with E-state index in [1.54, 1.807) is 34.9 Å². The third-order valence-corrected chi connectivity index (χ3v) is 6.50. The molecule has 2 heterocycles. The average Bonchev–Trinajstić information content (AvgIpc) is 3.05. The molecular weight excluding hydrogens is 420 g/mol. The molecule has 0 amide bonds. The molecule has 0 bridgehead atoms. The Morgan fingerprint density at radius 2 is 2.00 bits per heavy atom. The average molecular weight is 435 g/mol. The van der Waals surface area contributed by atoms with Crippen LogP contribution in [0.25, 0.3) is 10.9 Å². The fourth-order valence-electron chi connectivity index (χ4n) is 3.48. The number of aromatic nitrogens is 2. The van der Waals surface area contributed by atoms with Crippen LogP contribution in [0.5, 0.6) is 0 Å². The Bertz CT molecular complexity index is 1190. The van der Waals surface area contributed by atoms with Crippen LogP contribution in [0, 0.1) is 0 Å². The molecule has 1 aromatic heterocycles. The number of hydrogen-bond acceptors (Lipinski definition) is 5. The van der Waals surface area contributed by atoms with Crippen molar-refractivity contribution in [3.63, 3.8) is 0 Å². The van der Waals surface area contributed by atoms with E-state index >= 15 is 0 Å². The van der Waals surface area contributed by atoms with Gasteiger partial charge < -0.3 is 0 Å². The first kappa shape index (κ1) is 17.4. The van der Waals surface area contributed by atoms with E-state index in [4.69, 9.17) is 0 Å². The molecule has 0 radical (unpaired) electrons. The number of rotatable bonds is 3. The molecule has 6 nitrogen and oxygen atoms in total. The summed E-state index contributed by atoms with van der Waals surface area (Å²) in [5.41, 5.74) is 1.02. The summed E-state index contributed by atoms with van der Waals surface area (Å²) >= 11 is 3.40. The molecule has 0 spiro atoms. The zero-order valence-corrected chi connectivity index (χ0v) is 16.2. The molecule has 0 N–H and O–H groups in total. The van der Waals surface area contributed by atoms with E-state index in [-0.39, 0.29) is 16.5 Å². The van der Waals surface area contributed by atoms with E-state index in [9.17, 15) is 13.2 Å². The number of benzene rings is 2. The lowest BCUT2D eigenvalue weighted by Gasteiger charge is -2.18. The summed E-state index contributed by atoms with van der Waals surface area (Å²) in [6.45, 7) is 0. The first-order valence-corrected chi connectivity index (χ1v) is 10.2. The Morgan fingerprint density at radius 1 is 1.23 bits per heavy atom. The molecular formula is C18H15BrN2O4S. The van der Waals surface area contributed by atoms with Crippen molar-refractivity contribution in [3.05, 3.63) is 68.7 Å². The van der Waals surface area contributed by atoms with Gasteiger partial charge in [-0.1, -0.05) is 34.1 Å². The molecule has 134 valence electrons. The largest absolute Gasteiger partial charge is 0.297 e. The van der Waals surface area contributed by atoms with Crippen molar-refractivity contribution in [3.8, 4) is 0 Å². The number of fused-ring (bicyclic) bond motifs is 2. The second kappa shape index (κ2) is 6.29. The van der Waals surface area contributed by atoms with E-state index < -0.39 is 10.1 Å². The highest BCUT2D eigenvalue weighted by Crippen LogP contribution is 2.34. The van der Waals surface area contributed by atoms with E-state index in [0.717, 1.165) is 11.6 Å². The van der Waals surface area contributed by atoms with Crippen LogP contribution in [-0.2, 0) is 20.7 Å². The summed E-state index contributed by atoms with van der Waals surface area (Å²) in [5, 5.41) is 0.510. The molecule has 26 heavy (non-hydrogen) atoms. The minimum atomic E-state index is -3.87. The summed E-state index contributed by atoms with van der Waals surface area (Å²) in [6, 6.07) is 11.6. The molecule has 3 aromatic rings. The number of halogens is 1. The fraction of sp³-hybridized carbons (Fsp3) is 0.222. The Kier molecular flexibility index (Phi) is 4.21. The molecule has 1 aliphatic rings. The van der Waals surface area contributed by atoms with Crippen LogP contribution < -0.4 is 5.56 Å². The third kappa shape index (κ3) is 2.69. The Labute approximate surface area is 158 Å². The van der Waals surface area contributed by atoms with Gasteiger partial charge in [-0.25, -0.2) is 4.98 Å². The van der Waals surface area contributed by atoms with Gasteiger partial charge in [0.05, 0.1) is 29.0 Å². The highest BCUT2D eigenvalue weighted by atomic mass is 79.9. The molecule has 2 aromatic carbocycles. The Balaban J connectivity index is 1.96. The van der Waals surface area contributed by atoms with Gasteiger partial charge in [0.25, 0.3) is 15.7 Å². The monoisotopic (exact) mass is 434 g/mol.